The highest BCUT2D eigenvalue weighted by molar-refractivity contribution is 5.51. The summed E-state index contributed by atoms with van der Waals surface area (Å²) in [6, 6.07) is 13.9. The Morgan fingerprint density at radius 1 is 1.29 bits per heavy atom. The Kier molecular flexibility index (Phi) is 4.36. The van der Waals surface area contributed by atoms with Crippen LogP contribution in [0, 0.1) is 21.4 Å². The molecule has 0 unspecified atom stereocenters. The fraction of sp³-hybridized carbons (Fsp3) is 0.133. The minimum Gasteiger partial charge on any atom is -0.490 e. The number of hydrogen-bond acceptors (Lipinski definition) is 5. The summed E-state index contributed by atoms with van der Waals surface area (Å²) in [5.74, 6) is 0.238. The second kappa shape index (κ2) is 6.39. The zero-order chi connectivity index (χ0) is 15.2. The number of nitrogens with zero attached hydrogens (tertiary/aromatic N) is 2. The first-order valence-electron chi connectivity index (χ1n) is 6.19. The van der Waals surface area contributed by atoms with Crippen molar-refractivity contribution >= 4 is 11.4 Å². The summed E-state index contributed by atoms with van der Waals surface area (Å²) in [6.45, 7) is 0.441. The van der Waals surface area contributed by atoms with Crippen LogP contribution in [0.2, 0.25) is 0 Å². The van der Waals surface area contributed by atoms with E-state index in [1.807, 2.05) is 6.07 Å². The molecular formula is C15H13N3O3. The number of nitriles is 1. The molecule has 0 atom stereocenters. The van der Waals surface area contributed by atoms with Crippen LogP contribution in [0.25, 0.3) is 0 Å². The molecular weight excluding hydrogens is 270 g/mol. The maximum absolute atomic E-state index is 11.0. The van der Waals surface area contributed by atoms with Gasteiger partial charge in [0.05, 0.1) is 23.7 Å². The van der Waals surface area contributed by atoms with Gasteiger partial charge in [0, 0.05) is 18.3 Å². The molecule has 0 heterocycles. The average molecular weight is 283 g/mol. The monoisotopic (exact) mass is 283 g/mol. The number of rotatable bonds is 5. The van der Waals surface area contributed by atoms with E-state index >= 15 is 0 Å². The van der Waals surface area contributed by atoms with Gasteiger partial charge in [0.2, 0.25) is 0 Å². The van der Waals surface area contributed by atoms with Crippen LogP contribution in [0.3, 0.4) is 0 Å². The lowest BCUT2D eigenvalue weighted by Crippen LogP contribution is -2.01. The molecule has 2 rings (SSSR count). The van der Waals surface area contributed by atoms with Crippen molar-refractivity contribution in [1.29, 1.82) is 5.26 Å². The smallest absolute Gasteiger partial charge is 0.311 e. The third-order valence-electron chi connectivity index (χ3n) is 2.95. The molecule has 0 aliphatic rings. The third kappa shape index (κ3) is 3.48. The molecule has 1 N–H and O–H groups in total. The predicted octanol–water partition coefficient (Wildman–Crippen LogP) is 3.09. The molecule has 106 valence electrons. The normalized spacial score (nSPS) is 9.71. The summed E-state index contributed by atoms with van der Waals surface area (Å²) in [5.41, 5.74) is 2.14. The zero-order valence-corrected chi connectivity index (χ0v) is 11.4. The lowest BCUT2D eigenvalue weighted by molar-refractivity contribution is -0.385. The molecule has 0 saturated heterocycles. The second-order valence-corrected chi connectivity index (χ2v) is 4.31. The summed E-state index contributed by atoms with van der Waals surface area (Å²) >= 11 is 0. The molecule has 0 aromatic heterocycles. The van der Waals surface area contributed by atoms with Gasteiger partial charge in [-0.2, -0.15) is 5.26 Å². The maximum atomic E-state index is 11.0. The Morgan fingerprint density at radius 3 is 2.57 bits per heavy atom. The largest absolute Gasteiger partial charge is 0.490 e. The maximum Gasteiger partial charge on any atom is 0.311 e. The Hall–Kier alpha value is -3.07. The molecule has 0 aliphatic carbocycles. The number of nitro benzene ring substituents is 1. The summed E-state index contributed by atoms with van der Waals surface area (Å²) in [7, 11) is 1.40. The van der Waals surface area contributed by atoms with Crippen molar-refractivity contribution in [3.63, 3.8) is 0 Å². The van der Waals surface area contributed by atoms with Crippen molar-refractivity contribution in [3.8, 4) is 11.8 Å². The minimum absolute atomic E-state index is 0.0587. The topological polar surface area (TPSA) is 88.2 Å². The first-order chi connectivity index (χ1) is 10.1. The number of nitrogens with one attached hydrogen (secondary N) is 1. The van der Waals surface area contributed by atoms with E-state index in [4.69, 9.17) is 10.00 Å². The zero-order valence-electron chi connectivity index (χ0n) is 11.4. The number of methoxy groups -OCH3 is 1. The summed E-state index contributed by atoms with van der Waals surface area (Å²) in [5, 5.41) is 22.8. The van der Waals surface area contributed by atoms with E-state index in [2.05, 4.69) is 5.32 Å². The molecule has 2 aromatic carbocycles. The van der Waals surface area contributed by atoms with Crippen LogP contribution in [-0.2, 0) is 6.54 Å². The second-order valence-electron chi connectivity index (χ2n) is 4.31. The lowest BCUT2D eigenvalue weighted by atomic mass is 10.1. The first kappa shape index (κ1) is 14.3. The Labute approximate surface area is 121 Å². The molecule has 6 nitrogen and oxygen atoms in total. The SMILES string of the molecule is COc1ccc(CNc2ccc(C#N)cc2)cc1[N+](=O)[O-]. The Balaban J connectivity index is 2.11. The fourth-order valence-electron chi connectivity index (χ4n) is 1.85. The van der Waals surface area contributed by atoms with Gasteiger partial charge < -0.3 is 10.1 Å². The quantitative estimate of drug-likeness (QED) is 0.673. The van der Waals surface area contributed by atoms with Crippen LogP contribution in [0.1, 0.15) is 11.1 Å². The van der Waals surface area contributed by atoms with Gasteiger partial charge in [0.1, 0.15) is 0 Å². The highest BCUT2D eigenvalue weighted by atomic mass is 16.6. The molecule has 0 spiro atoms. The Bertz CT molecular complexity index is 690. The van der Waals surface area contributed by atoms with Gasteiger partial charge in [-0.3, -0.25) is 10.1 Å². The molecule has 0 radical (unpaired) electrons. The summed E-state index contributed by atoms with van der Waals surface area (Å²) in [6.07, 6.45) is 0. The van der Waals surface area contributed by atoms with Crippen LogP contribution >= 0.6 is 0 Å². The van der Waals surface area contributed by atoms with Crippen molar-refractivity contribution in [3.05, 3.63) is 63.7 Å². The van der Waals surface area contributed by atoms with Crippen molar-refractivity contribution in [1.82, 2.24) is 0 Å². The summed E-state index contributed by atoms with van der Waals surface area (Å²) in [4.78, 5) is 10.5. The van der Waals surface area contributed by atoms with Gasteiger partial charge in [-0.25, -0.2) is 0 Å². The molecule has 0 saturated carbocycles. The fourth-order valence-corrected chi connectivity index (χ4v) is 1.85. The van der Waals surface area contributed by atoms with E-state index in [-0.39, 0.29) is 11.4 Å². The van der Waals surface area contributed by atoms with Gasteiger partial charge in [-0.15, -0.1) is 0 Å². The number of anilines is 1. The van der Waals surface area contributed by atoms with E-state index in [9.17, 15) is 10.1 Å². The van der Waals surface area contributed by atoms with Gasteiger partial charge >= 0.3 is 5.69 Å². The molecule has 0 amide bonds. The molecule has 21 heavy (non-hydrogen) atoms. The third-order valence-corrected chi connectivity index (χ3v) is 2.95. The van der Waals surface area contributed by atoms with Gasteiger partial charge in [0.25, 0.3) is 0 Å². The molecule has 2 aromatic rings. The first-order valence-corrected chi connectivity index (χ1v) is 6.19. The van der Waals surface area contributed by atoms with Crippen molar-refractivity contribution in [2.45, 2.75) is 6.54 Å². The lowest BCUT2D eigenvalue weighted by Gasteiger charge is -2.08. The number of hydrogen-bond donors (Lipinski definition) is 1. The standard InChI is InChI=1S/C15H13N3O3/c1-21-15-7-4-12(8-14(15)18(19)20)10-17-13-5-2-11(9-16)3-6-13/h2-8,17H,10H2,1H3. The molecule has 6 heteroatoms. The van der Waals surface area contributed by atoms with E-state index < -0.39 is 4.92 Å². The van der Waals surface area contributed by atoms with Crippen LogP contribution in [0.15, 0.2) is 42.5 Å². The molecule has 0 aliphatic heterocycles. The average Bonchev–Trinajstić information content (AvgIpc) is 2.53. The molecule has 0 bridgehead atoms. The Morgan fingerprint density at radius 2 is 2.00 bits per heavy atom. The van der Waals surface area contributed by atoms with Gasteiger partial charge in [-0.05, 0) is 35.9 Å². The van der Waals surface area contributed by atoms with Crippen LogP contribution in [-0.4, -0.2) is 12.0 Å². The van der Waals surface area contributed by atoms with E-state index in [1.165, 1.54) is 13.2 Å². The van der Waals surface area contributed by atoms with Crippen LogP contribution < -0.4 is 10.1 Å². The predicted molar refractivity (Wildman–Crippen MR) is 78.1 cm³/mol. The van der Waals surface area contributed by atoms with E-state index in [0.717, 1.165) is 11.3 Å². The highest BCUT2D eigenvalue weighted by Crippen LogP contribution is 2.27. The van der Waals surface area contributed by atoms with Gasteiger partial charge in [-0.1, -0.05) is 6.07 Å². The van der Waals surface area contributed by atoms with Crippen molar-refractivity contribution < 1.29 is 9.66 Å². The number of nitro groups is 1. The minimum atomic E-state index is -0.468. The van der Waals surface area contributed by atoms with E-state index in [0.29, 0.717) is 12.1 Å². The van der Waals surface area contributed by atoms with Crippen molar-refractivity contribution in [2.75, 3.05) is 12.4 Å². The van der Waals surface area contributed by atoms with Crippen LogP contribution in [0.5, 0.6) is 5.75 Å². The number of benzene rings is 2. The van der Waals surface area contributed by atoms with Crippen LogP contribution in [0.4, 0.5) is 11.4 Å². The number of ether oxygens (including phenoxy) is 1. The van der Waals surface area contributed by atoms with Crippen molar-refractivity contribution in [2.24, 2.45) is 0 Å². The molecule has 0 fully saturated rings. The summed E-state index contributed by atoms with van der Waals surface area (Å²) < 4.78 is 4.96. The van der Waals surface area contributed by atoms with E-state index in [1.54, 1.807) is 36.4 Å². The van der Waals surface area contributed by atoms with Gasteiger partial charge in [0.15, 0.2) is 5.75 Å². The highest BCUT2D eigenvalue weighted by Gasteiger charge is 2.14.